The molecule has 5 heteroatoms. The minimum atomic E-state index is -0.158. The van der Waals surface area contributed by atoms with Crippen molar-refractivity contribution in [2.75, 3.05) is 13.2 Å². The van der Waals surface area contributed by atoms with Crippen LogP contribution in [0.2, 0.25) is 0 Å². The third kappa shape index (κ3) is 2.53. The molecule has 0 aromatic carbocycles. The van der Waals surface area contributed by atoms with Crippen LogP contribution in [0.1, 0.15) is 38.8 Å². The van der Waals surface area contributed by atoms with Crippen LogP contribution in [0.25, 0.3) is 0 Å². The minimum Gasteiger partial charge on any atom is -0.475 e. The minimum absolute atomic E-state index is 0.158. The fourth-order valence-electron chi connectivity index (χ4n) is 2.18. The molecule has 106 valence electrons. The molecule has 1 aromatic heterocycles. The summed E-state index contributed by atoms with van der Waals surface area (Å²) in [6.45, 7) is 9.44. The summed E-state index contributed by atoms with van der Waals surface area (Å²) in [5, 5.41) is 0. The largest absolute Gasteiger partial charge is 0.475 e. The Balaban J connectivity index is 1.92. The summed E-state index contributed by atoms with van der Waals surface area (Å²) in [6.07, 6.45) is 3.76. The van der Waals surface area contributed by atoms with Gasteiger partial charge < -0.3 is 9.47 Å². The van der Waals surface area contributed by atoms with E-state index in [0.29, 0.717) is 25.0 Å². The summed E-state index contributed by atoms with van der Waals surface area (Å²) < 4.78 is 11.3. The molecule has 0 amide bonds. The maximum absolute atomic E-state index is 5.66. The van der Waals surface area contributed by atoms with Crippen molar-refractivity contribution in [1.82, 2.24) is 0 Å². The Kier molecular flexibility index (Phi) is 2.81. The lowest BCUT2D eigenvalue weighted by atomic mass is 10.1. The van der Waals surface area contributed by atoms with Gasteiger partial charge in [-0.2, -0.15) is 0 Å². The Hall–Kier alpha value is -1.91. The Labute approximate surface area is 118 Å². The zero-order chi connectivity index (χ0) is 14.4. The highest BCUT2D eigenvalue weighted by Gasteiger charge is 2.30. The van der Waals surface area contributed by atoms with Crippen LogP contribution in [0, 0.1) is 0 Å². The molecule has 2 aliphatic heterocycles. The number of aromatic nitrogens is 1. The molecule has 3 heterocycles. The van der Waals surface area contributed by atoms with E-state index >= 15 is 0 Å². The standard InChI is InChI=1S/C15H19N3O2/c1-14(2)8-19-12(17-14)10-5-11(7-16-6-10)13-18-15(3,4)9-20-13/h5-7H,8-9H2,1-4H3/p+1. The first-order valence-electron chi connectivity index (χ1n) is 6.82. The van der Waals surface area contributed by atoms with Crippen LogP contribution >= 0.6 is 0 Å². The van der Waals surface area contributed by atoms with Crippen molar-refractivity contribution in [1.29, 1.82) is 0 Å². The summed E-state index contributed by atoms with van der Waals surface area (Å²) in [4.78, 5) is 12.3. The van der Waals surface area contributed by atoms with Crippen LogP contribution in [0.15, 0.2) is 28.4 Å². The van der Waals surface area contributed by atoms with Crippen molar-refractivity contribution in [3.63, 3.8) is 0 Å². The van der Waals surface area contributed by atoms with E-state index < -0.39 is 0 Å². The number of H-pyrrole nitrogens is 1. The number of rotatable bonds is 2. The average molecular weight is 274 g/mol. The maximum atomic E-state index is 5.66. The van der Waals surface area contributed by atoms with E-state index in [1.807, 2.05) is 18.5 Å². The zero-order valence-corrected chi connectivity index (χ0v) is 12.4. The van der Waals surface area contributed by atoms with Crippen LogP contribution in [0.3, 0.4) is 0 Å². The molecule has 0 fully saturated rings. The Bertz CT molecular complexity index is 554. The third-order valence-corrected chi connectivity index (χ3v) is 3.22. The maximum Gasteiger partial charge on any atom is 0.222 e. The van der Waals surface area contributed by atoms with Gasteiger partial charge in [0, 0.05) is 0 Å². The van der Waals surface area contributed by atoms with Crippen molar-refractivity contribution >= 4 is 11.8 Å². The normalized spacial score (nSPS) is 22.8. The second kappa shape index (κ2) is 4.30. The van der Waals surface area contributed by atoms with Gasteiger partial charge in [0.15, 0.2) is 12.4 Å². The molecule has 0 saturated heterocycles. The lowest BCUT2D eigenvalue weighted by molar-refractivity contribution is -0.378. The van der Waals surface area contributed by atoms with Crippen molar-refractivity contribution < 1.29 is 14.5 Å². The average Bonchev–Trinajstić information content (AvgIpc) is 2.92. The SMILES string of the molecule is CC1(C)COC(c2c[nH+]cc(C3=NC(C)(C)CO3)c2)=N1. The van der Waals surface area contributed by atoms with Gasteiger partial charge in [-0.25, -0.2) is 15.0 Å². The first-order valence-corrected chi connectivity index (χ1v) is 6.82. The molecular weight excluding hydrogens is 254 g/mol. The van der Waals surface area contributed by atoms with Crippen LogP contribution in [0.5, 0.6) is 0 Å². The van der Waals surface area contributed by atoms with Gasteiger partial charge in [0.1, 0.15) is 24.3 Å². The number of aliphatic imine (C=N–C) groups is 2. The third-order valence-electron chi connectivity index (χ3n) is 3.22. The Morgan fingerprint density at radius 2 is 1.35 bits per heavy atom. The summed E-state index contributed by atoms with van der Waals surface area (Å²) >= 11 is 0. The van der Waals surface area contributed by atoms with Gasteiger partial charge >= 0.3 is 0 Å². The number of nitrogens with one attached hydrogen (secondary N) is 1. The highest BCUT2D eigenvalue weighted by Crippen LogP contribution is 2.23. The predicted octanol–water partition coefficient (Wildman–Crippen LogP) is 1.61. The van der Waals surface area contributed by atoms with E-state index in [1.54, 1.807) is 0 Å². The molecule has 5 nitrogen and oxygen atoms in total. The molecule has 3 rings (SSSR count). The second-order valence-corrected chi connectivity index (χ2v) is 6.55. The lowest BCUT2D eigenvalue weighted by Gasteiger charge is -2.07. The summed E-state index contributed by atoms with van der Waals surface area (Å²) in [5.41, 5.74) is 1.52. The number of hydrogen-bond donors (Lipinski definition) is 0. The fraction of sp³-hybridized carbons (Fsp3) is 0.533. The highest BCUT2D eigenvalue weighted by atomic mass is 16.5. The van der Waals surface area contributed by atoms with E-state index in [0.717, 1.165) is 11.1 Å². The summed E-state index contributed by atoms with van der Waals surface area (Å²) in [6, 6.07) is 2.00. The fourth-order valence-corrected chi connectivity index (χ4v) is 2.18. The number of pyridine rings is 1. The van der Waals surface area contributed by atoms with Crippen LogP contribution in [-0.2, 0) is 9.47 Å². The van der Waals surface area contributed by atoms with E-state index in [-0.39, 0.29) is 11.1 Å². The number of hydrogen-bond acceptors (Lipinski definition) is 4. The van der Waals surface area contributed by atoms with E-state index in [9.17, 15) is 0 Å². The molecule has 0 saturated carbocycles. The lowest BCUT2D eigenvalue weighted by Crippen LogP contribution is -2.17. The molecule has 2 aliphatic rings. The van der Waals surface area contributed by atoms with Gasteiger partial charge in [-0.3, -0.25) is 0 Å². The Morgan fingerprint density at radius 1 is 0.900 bits per heavy atom. The molecule has 20 heavy (non-hydrogen) atoms. The highest BCUT2D eigenvalue weighted by molar-refractivity contribution is 6.00. The predicted molar refractivity (Wildman–Crippen MR) is 76.1 cm³/mol. The van der Waals surface area contributed by atoms with Crippen molar-refractivity contribution in [2.45, 2.75) is 38.8 Å². The van der Waals surface area contributed by atoms with E-state index in [1.165, 1.54) is 0 Å². The molecule has 1 N–H and O–H groups in total. The van der Waals surface area contributed by atoms with Gasteiger partial charge in [0.05, 0.1) is 11.1 Å². The first kappa shape index (κ1) is 13.1. The molecule has 1 aromatic rings. The first-order chi connectivity index (χ1) is 9.35. The monoisotopic (exact) mass is 274 g/mol. The van der Waals surface area contributed by atoms with Crippen LogP contribution in [-0.4, -0.2) is 36.1 Å². The van der Waals surface area contributed by atoms with E-state index in [4.69, 9.17) is 9.47 Å². The van der Waals surface area contributed by atoms with Gasteiger partial charge in [-0.15, -0.1) is 0 Å². The van der Waals surface area contributed by atoms with Gasteiger partial charge in [0.25, 0.3) is 0 Å². The van der Waals surface area contributed by atoms with Crippen LogP contribution < -0.4 is 4.98 Å². The quantitative estimate of drug-likeness (QED) is 0.822. The van der Waals surface area contributed by atoms with Crippen LogP contribution in [0.4, 0.5) is 0 Å². The van der Waals surface area contributed by atoms with Gasteiger partial charge in [-0.05, 0) is 33.8 Å². The number of aromatic amines is 1. The van der Waals surface area contributed by atoms with Crippen molar-refractivity contribution in [3.8, 4) is 0 Å². The molecule has 0 atom stereocenters. The topological polar surface area (TPSA) is 57.3 Å². The second-order valence-electron chi connectivity index (χ2n) is 6.55. The molecule has 0 aliphatic carbocycles. The number of ether oxygens (including phenoxy) is 2. The molecule has 0 spiro atoms. The zero-order valence-electron chi connectivity index (χ0n) is 12.4. The molecule has 0 unspecified atom stereocenters. The Morgan fingerprint density at radius 3 is 1.70 bits per heavy atom. The molecular formula is C15H20N3O2+. The van der Waals surface area contributed by atoms with Gasteiger partial charge in [0.2, 0.25) is 11.8 Å². The molecule has 0 bridgehead atoms. The smallest absolute Gasteiger partial charge is 0.222 e. The van der Waals surface area contributed by atoms with E-state index in [2.05, 4.69) is 42.7 Å². The number of nitrogens with zero attached hydrogens (tertiary/aromatic N) is 2. The van der Waals surface area contributed by atoms with Crippen molar-refractivity contribution in [2.24, 2.45) is 9.98 Å². The molecule has 0 radical (unpaired) electrons. The van der Waals surface area contributed by atoms with Crippen molar-refractivity contribution in [3.05, 3.63) is 29.6 Å². The summed E-state index contributed by atoms with van der Waals surface area (Å²) in [7, 11) is 0. The summed E-state index contributed by atoms with van der Waals surface area (Å²) in [5.74, 6) is 1.34. The van der Waals surface area contributed by atoms with Gasteiger partial charge in [-0.1, -0.05) is 0 Å².